The number of aryl methyl sites for hydroxylation is 1. The molecule has 0 spiro atoms. The lowest BCUT2D eigenvalue weighted by Crippen LogP contribution is -2.20. The molecule has 0 aliphatic rings. The molecule has 0 radical (unpaired) electrons. The highest BCUT2D eigenvalue weighted by atomic mass is 32.2. The standard InChI is InChI=1S/C13H18FN5S/c1-4-7-15-9(2)11-8-10(14)5-6-12(11)20-13-16-17-18-19(13)3/h5-6,8-9,15H,4,7H2,1-3H3. The van der Waals surface area contributed by atoms with Gasteiger partial charge in [-0.2, -0.15) is 0 Å². The fourth-order valence-electron chi connectivity index (χ4n) is 1.83. The van der Waals surface area contributed by atoms with Gasteiger partial charge in [0.05, 0.1) is 0 Å². The van der Waals surface area contributed by atoms with Gasteiger partial charge in [-0.3, -0.25) is 0 Å². The Morgan fingerprint density at radius 2 is 2.25 bits per heavy atom. The maximum absolute atomic E-state index is 13.5. The summed E-state index contributed by atoms with van der Waals surface area (Å²) in [6.45, 7) is 5.03. The Bertz CT molecular complexity index is 572. The lowest BCUT2D eigenvalue weighted by molar-refractivity contribution is 0.554. The maximum atomic E-state index is 13.5. The molecule has 0 saturated carbocycles. The molecule has 2 rings (SSSR count). The van der Waals surface area contributed by atoms with Crippen molar-refractivity contribution in [2.75, 3.05) is 6.54 Å². The minimum absolute atomic E-state index is 0.0781. The van der Waals surface area contributed by atoms with Crippen LogP contribution < -0.4 is 5.32 Å². The molecule has 1 heterocycles. The van der Waals surface area contributed by atoms with Crippen molar-refractivity contribution in [1.29, 1.82) is 0 Å². The molecule has 1 aromatic heterocycles. The lowest BCUT2D eigenvalue weighted by atomic mass is 10.1. The summed E-state index contributed by atoms with van der Waals surface area (Å²) in [6.07, 6.45) is 1.04. The van der Waals surface area contributed by atoms with Crippen LogP contribution in [0.5, 0.6) is 0 Å². The molecule has 1 unspecified atom stereocenters. The van der Waals surface area contributed by atoms with Gasteiger partial charge in [0.1, 0.15) is 5.82 Å². The first kappa shape index (κ1) is 14.9. The van der Waals surface area contributed by atoms with Crippen LogP contribution in [0.1, 0.15) is 31.9 Å². The van der Waals surface area contributed by atoms with Crippen molar-refractivity contribution >= 4 is 11.8 Å². The summed E-state index contributed by atoms with van der Waals surface area (Å²) in [5.41, 5.74) is 0.923. The van der Waals surface area contributed by atoms with E-state index in [-0.39, 0.29) is 11.9 Å². The first-order valence-electron chi connectivity index (χ1n) is 6.55. The third kappa shape index (κ3) is 3.55. The number of hydrogen-bond donors (Lipinski definition) is 1. The number of hydrogen-bond acceptors (Lipinski definition) is 5. The minimum atomic E-state index is -0.231. The number of tetrazole rings is 1. The van der Waals surface area contributed by atoms with E-state index in [9.17, 15) is 4.39 Å². The summed E-state index contributed by atoms with van der Waals surface area (Å²) in [6, 6.07) is 4.88. The Kier molecular flexibility index (Phi) is 5.08. The Labute approximate surface area is 122 Å². The van der Waals surface area contributed by atoms with E-state index in [1.807, 2.05) is 6.92 Å². The van der Waals surface area contributed by atoms with Crippen molar-refractivity contribution in [2.24, 2.45) is 7.05 Å². The summed E-state index contributed by atoms with van der Waals surface area (Å²) in [4.78, 5) is 0.959. The fraction of sp³-hybridized carbons (Fsp3) is 0.462. The Morgan fingerprint density at radius 1 is 1.45 bits per heavy atom. The van der Waals surface area contributed by atoms with Gasteiger partial charge in [-0.1, -0.05) is 6.92 Å². The van der Waals surface area contributed by atoms with Crippen LogP contribution in [-0.4, -0.2) is 26.8 Å². The molecule has 108 valence electrons. The summed E-state index contributed by atoms with van der Waals surface area (Å²) in [5, 5.41) is 15.4. The van der Waals surface area contributed by atoms with E-state index in [2.05, 4.69) is 27.8 Å². The average molecular weight is 295 g/mol. The molecule has 1 aromatic carbocycles. The van der Waals surface area contributed by atoms with Crippen molar-refractivity contribution in [3.05, 3.63) is 29.6 Å². The Hall–Kier alpha value is -1.47. The highest BCUT2D eigenvalue weighted by Gasteiger charge is 2.14. The smallest absolute Gasteiger partial charge is 0.213 e. The van der Waals surface area contributed by atoms with Crippen LogP contribution in [0.3, 0.4) is 0 Å². The number of aromatic nitrogens is 4. The van der Waals surface area contributed by atoms with E-state index < -0.39 is 0 Å². The van der Waals surface area contributed by atoms with Crippen molar-refractivity contribution in [1.82, 2.24) is 25.5 Å². The third-order valence-electron chi connectivity index (χ3n) is 2.92. The largest absolute Gasteiger partial charge is 0.310 e. The number of halogens is 1. The monoisotopic (exact) mass is 295 g/mol. The summed E-state index contributed by atoms with van der Waals surface area (Å²) in [7, 11) is 1.78. The predicted molar refractivity (Wildman–Crippen MR) is 76.0 cm³/mol. The van der Waals surface area contributed by atoms with Crippen LogP contribution in [-0.2, 0) is 7.05 Å². The highest BCUT2D eigenvalue weighted by Crippen LogP contribution is 2.32. The first-order chi connectivity index (χ1) is 9.61. The van der Waals surface area contributed by atoms with Gasteiger partial charge in [0.15, 0.2) is 0 Å². The molecule has 2 aromatic rings. The second-order valence-electron chi connectivity index (χ2n) is 4.55. The molecule has 0 amide bonds. The van der Waals surface area contributed by atoms with E-state index in [1.165, 1.54) is 17.8 Å². The molecule has 7 heteroatoms. The lowest BCUT2D eigenvalue weighted by Gasteiger charge is -2.17. The number of nitrogens with zero attached hydrogens (tertiary/aromatic N) is 4. The number of rotatable bonds is 6. The fourth-order valence-corrected chi connectivity index (χ4v) is 2.76. The van der Waals surface area contributed by atoms with E-state index in [1.54, 1.807) is 23.9 Å². The van der Waals surface area contributed by atoms with Gasteiger partial charge in [0.2, 0.25) is 5.16 Å². The van der Waals surface area contributed by atoms with Gasteiger partial charge in [-0.15, -0.1) is 5.10 Å². The minimum Gasteiger partial charge on any atom is -0.310 e. The van der Waals surface area contributed by atoms with Gasteiger partial charge in [0, 0.05) is 18.0 Å². The molecular weight excluding hydrogens is 277 g/mol. The van der Waals surface area contributed by atoms with Gasteiger partial charge < -0.3 is 5.32 Å². The van der Waals surface area contributed by atoms with Crippen molar-refractivity contribution in [2.45, 2.75) is 36.4 Å². The topological polar surface area (TPSA) is 55.6 Å². The zero-order chi connectivity index (χ0) is 14.5. The van der Waals surface area contributed by atoms with Crippen LogP contribution >= 0.6 is 11.8 Å². The zero-order valence-corrected chi connectivity index (χ0v) is 12.6. The van der Waals surface area contributed by atoms with E-state index in [0.717, 1.165) is 23.4 Å². The maximum Gasteiger partial charge on any atom is 0.213 e. The zero-order valence-electron chi connectivity index (χ0n) is 11.8. The second kappa shape index (κ2) is 6.81. The second-order valence-corrected chi connectivity index (χ2v) is 5.55. The molecular formula is C13H18FN5S. The summed E-state index contributed by atoms with van der Waals surface area (Å²) < 4.78 is 15.1. The summed E-state index contributed by atoms with van der Waals surface area (Å²) >= 11 is 1.44. The third-order valence-corrected chi connectivity index (χ3v) is 4.04. The first-order valence-corrected chi connectivity index (χ1v) is 7.36. The average Bonchev–Trinajstić information content (AvgIpc) is 2.83. The van der Waals surface area contributed by atoms with Crippen LogP contribution in [0.15, 0.2) is 28.3 Å². The molecule has 0 aliphatic heterocycles. The van der Waals surface area contributed by atoms with E-state index >= 15 is 0 Å². The normalized spacial score (nSPS) is 12.6. The molecule has 1 N–H and O–H groups in total. The molecule has 0 aliphatic carbocycles. The number of nitrogens with one attached hydrogen (secondary N) is 1. The molecule has 0 saturated heterocycles. The van der Waals surface area contributed by atoms with E-state index in [4.69, 9.17) is 0 Å². The van der Waals surface area contributed by atoms with Gasteiger partial charge in [-0.05, 0) is 65.8 Å². The van der Waals surface area contributed by atoms with Gasteiger partial charge >= 0.3 is 0 Å². The molecule has 20 heavy (non-hydrogen) atoms. The van der Waals surface area contributed by atoms with Crippen LogP contribution in [0, 0.1) is 5.82 Å². The summed E-state index contributed by atoms with van der Waals surface area (Å²) in [5.74, 6) is -0.231. The predicted octanol–water partition coefficient (Wildman–Crippen LogP) is 2.56. The quantitative estimate of drug-likeness (QED) is 0.887. The van der Waals surface area contributed by atoms with Crippen LogP contribution in [0.25, 0.3) is 0 Å². The Morgan fingerprint density at radius 3 is 2.90 bits per heavy atom. The molecule has 1 atom stereocenters. The van der Waals surface area contributed by atoms with Crippen molar-refractivity contribution in [3.63, 3.8) is 0 Å². The Balaban J connectivity index is 2.25. The SMILES string of the molecule is CCCNC(C)c1cc(F)ccc1Sc1nnnn1C. The molecule has 0 bridgehead atoms. The molecule has 0 fully saturated rings. The van der Waals surface area contributed by atoms with Gasteiger partial charge in [-0.25, -0.2) is 9.07 Å². The van der Waals surface area contributed by atoms with Crippen LogP contribution in [0.4, 0.5) is 4.39 Å². The van der Waals surface area contributed by atoms with Crippen molar-refractivity contribution < 1.29 is 4.39 Å². The highest BCUT2D eigenvalue weighted by molar-refractivity contribution is 7.99. The van der Waals surface area contributed by atoms with Crippen LogP contribution in [0.2, 0.25) is 0 Å². The number of benzene rings is 1. The van der Waals surface area contributed by atoms with Crippen molar-refractivity contribution in [3.8, 4) is 0 Å². The molecule has 5 nitrogen and oxygen atoms in total. The van der Waals surface area contributed by atoms with Gasteiger partial charge in [0.25, 0.3) is 0 Å². The van der Waals surface area contributed by atoms with E-state index in [0.29, 0.717) is 5.16 Å².